The number of benzene rings is 1. The van der Waals surface area contributed by atoms with Gasteiger partial charge in [-0.05, 0) is 12.1 Å². The van der Waals surface area contributed by atoms with Gasteiger partial charge in [-0.1, -0.05) is 6.07 Å². The number of hydrogen-bond donors (Lipinski definition) is 1. The van der Waals surface area contributed by atoms with Gasteiger partial charge in [-0.2, -0.15) is 0 Å². The molecular weight excluding hydrogens is 212 g/mol. The maximum absolute atomic E-state index is 10.9. The lowest BCUT2D eigenvalue weighted by Crippen LogP contribution is -2.50. The summed E-state index contributed by atoms with van der Waals surface area (Å²) in [6.45, 7) is 1.43. The molecule has 1 N–H and O–H groups in total. The molecule has 6 heteroatoms. The number of hydrogen-bond acceptors (Lipinski definition) is 5. The summed E-state index contributed by atoms with van der Waals surface area (Å²) >= 11 is 0. The van der Waals surface area contributed by atoms with Crippen LogP contribution >= 0.6 is 0 Å². The first-order valence-electron chi connectivity index (χ1n) is 4.91. The van der Waals surface area contributed by atoms with Crippen LogP contribution in [-0.2, 0) is 0 Å². The summed E-state index contributed by atoms with van der Waals surface area (Å²) in [6.07, 6.45) is 0.00538. The second-order valence-corrected chi connectivity index (χ2v) is 3.46. The molecule has 0 saturated carbocycles. The van der Waals surface area contributed by atoms with E-state index < -0.39 is 4.92 Å². The number of ether oxygens (including phenoxy) is 2. The molecule has 0 bridgehead atoms. The van der Waals surface area contributed by atoms with Gasteiger partial charge in [0.05, 0.1) is 12.0 Å². The maximum Gasteiger partial charge on any atom is 0.352 e. The first-order chi connectivity index (χ1) is 7.72. The molecule has 0 spiro atoms. The summed E-state index contributed by atoms with van der Waals surface area (Å²) in [5.74, 6) is 0.477. The largest absolute Gasteiger partial charge is 0.490 e. The number of nitro groups is 1. The zero-order valence-corrected chi connectivity index (χ0v) is 8.80. The lowest BCUT2D eigenvalue weighted by molar-refractivity contribution is -0.387. The van der Waals surface area contributed by atoms with Crippen LogP contribution in [0.15, 0.2) is 18.2 Å². The highest BCUT2D eigenvalue weighted by molar-refractivity contribution is 5.57. The van der Waals surface area contributed by atoms with Crippen molar-refractivity contribution >= 4 is 5.69 Å². The van der Waals surface area contributed by atoms with Crippen molar-refractivity contribution in [3.63, 3.8) is 0 Å². The quantitative estimate of drug-likeness (QED) is 0.609. The van der Waals surface area contributed by atoms with E-state index in [1.807, 2.05) is 0 Å². The van der Waals surface area contributed by atoms with Gasteiger partial charge in [-0.15, -0.1) is 0 Å². The van der Waals surface area contributed by atoms with Gasteiger partial charge in [0.15, 0.2) is 0 Å². The van der Waals surface area contributed by atoms with E-state index in [4.69, 9.17) is 9.47 Å². The molecule has 0 unspecified atom stereocenters. The molecule has 1 fully saturated rings. The molecule has 6 nitrogen and oxygen atoms in total. The Morgan fingerprint density at radius 2 is 2.12 bits per heavy atom. The first-order valence-corrected chi connectivity index (χ1v) is 4.91. The maximum atomic E-state index is 10.9. The molecule has 86 valence electrons. The minimum Gasteiger partial charge on any atom is -0.490 e. The van der Waals surface area contributed by atoms with E-state index in [1.54, 1.807) is 18.2 Å². The van der Waals surface area contributed by atoms with E-state index in [-0.39, 0.29) is 23.3 Å². The number of methoxy groups -OCH3 is 1. The molecule has 1 saturated heterocycles. The average molecular weight is 224 g/mol. The fourth-order valence-corrected chi connectivity index (χ4v) is 1.47. The topological polar surface area (TPSA) is 73.6 Å². The van der Waals surface area contributed by atoms with E-state index >= 15 is 0 Å². The molecule has 1 heterocycles. The second-order valence-electron chi connectivity index (χ2n) is 3.46. The number of para-hydroxylation sites is 1. The van der Waals surface area contributed by atoms with Crippen LogP contribution in [0.4, 0.5) is 5.69 Å². The molecule has 1 aliphatic rings. The number of rotatable bonds is 4. The van der Waals surface area contributed by atoms with E-state index in [0.29, 0.717) is 13.1 Å². The van der Waals surface area contributed by atoms with Crippen LogP contribution in [0, 0.1) is 10.1 Å². The minimum absolute atomic E-state index is 0.00538. The van der Waals surface area contributed by atoms with Crippen LogP contribution in [-0.4, -0.2) is 31.2 Å². The molecule has 1 aromatic rings. The van der Waals surface area contributed by atoms with E-state index in [1.165, 1.54) is 7.11 Å². The Morgan fingerprint density at radius 3 is 2.62 bits per heavy atom. The zero-order valence-electron chi connectivity index (χ0n) is 8.80. The third kappa shape index (κ3) is 1.92. The van der Waals surface area contributed by atoms with Crippen molar-refractivity contribution in [1.29, 1.82) is 0 Å². The predicted octanol–water partition coefficient (Wildman–Crippen LogP) is 0.954. The van der Waals surface area contributed by atoms with Crippen molar-refractivity contribution < 1.29 is 14.4 Å². The van der Waals surface area contributed by atoms with Gasteiger partial charge >= 0.3 is 5.69 Å². The standard InChI is InChI=1S/C10H12N2O4/c1-15-8-3-2-4-9(10(8)12(13)14)16-7-5-11-6-7/h2-4,7,11H,5-6H2,1H3. The molecule has 16 heavy (non-hydrogen) atoms. The van der Waals surface area contributed by atoms with Crippen LogP contribution in [0.25, 0.3) is 0 Å². The number of nitrogens with zero attached hydrogens (tertiary/aromatic N) is 1. The van der Waals surface area contributed by atoms with Crippen molar-refractivity contribution in [2.24, 2.45) is 0 Å². The molecule has 1 aromatic carbocycles. The van der Waals surface area contributed by atoms with Crippen LogP contribution in [0.3, 0.4) is 0 Å². The van der Waals surface area contributed by atoms with Crippen LogP contribution in [0.2, 0.25) is 0 Å². The highest BCUT2D eigenvalue weighted by atomic mass is 16.6. The Labute approximate surface area is 92.3 Å². The smallest absolute Gasteiger partial charge is 0.352 e. The van der Waals surface area contributed by atoms with Gasteiger partial charge in [-0.3, -0.25) is 10.1 Å². The third-order valence-electron chi connectivity index (χ3n) is 2.40. The van der Waals surface area contributed by atoms with Crippen LogP contribution in [0.1, 0.15) is 0 Å². The van der Waals surface area contributed by atoms with Crippen molar-refractivity contribution in [2.75, 3.05) is 20.2 Å². The highest BCUT2D eigenvalue weighted by Gasteiger charge is 2.26. The molecule has 1 aliphatic heterocycles. The average Bonchev–Trinajstić information content (AvgIpc) is 2.22. The summed E-state index contributed by atoms with van der Waals surface area (Å²) < 4.78 is 10.4. The number of nitrogens with one attached hydrogen (secondary N) is 1. The van der Waals surface area contributed by atoms with Gasteiger partial charge in [0.2, 0.25) is 11.5 Å². The summed E-state index contributed by atoms with van der Waals surface area (Å²) in [7, 11) is 1.40. The molecule has 0 aromatic heterocycles. The summed E-state index contributed by atoms with van der Waals surface area (Å²) in [5, 5.41) is 14.0. The van der Waals surface area contributed by atoms with Crippen molar-refractivity contribution in [2.45, 2.75) is 6.10 Å². The SMILES string of the molecule is COc1cccc(OC2CNC2)c1[N+](=O)[O-]. The highest BCUT2D eigenvalue weighted by Crippen LogP contribution is 2.36. The van der Waals surface area contributed by atoms with E-state index in [9.17, 15) is 10.1 Å². The van der Waals surface area contributed by atoms with Crippen molar-refractivity contribution in [3.8, 4) is 11.5 Å². The van der Waals surface area contributed by atoms with Gasteiger partial charge in [0.1, 0.15) is 6.10 Å². The molecule has 0 atom stereocenters. The van der Waals surface area contributed by atoms with Crippen LogP contribution in [0.5, 0.6) is 11.5 Å². The van der Waals surface area contributed by atoms with Crippen molar-refractivity contribution in [1.82, 2.24) is 5.32 Å². The number of nitro benzene ring substituents is 1. The predicted molar refractivity (Wildman–Crippen MR) is 56.9 cm³/mol. The normalized spacial score (nSPS) is 15.3. The summed E-state index contributed by atoms with van der Waals surface area (Å²) in [5.41, 5.74) is -0.114. The molecule has 0 aliphatic carbocycles. The Kier molecular flexibility index (Phi) is 2.91. The van der Waals surface area contributed by atoms with E-state index in [0.717, 1.165) is 0 Å². The summed E-state index contributed by atoms with van der Waals surface area (Å²) in [4.78, 5) is 10.4. The fourth-order valence-electron chi connectivity index (χ4n) is 1.47. The Bertz CT molecular complexity index is 404. The Hall–Kier alpha value is -1.82. The molecule has 0 radical (unpaired) electrons. The van der Waals surface area contributed by atoms with Gasteiger partial charge < -0.3 is 14.8 Å². The molecule has 2 rings (SSSR count). The summed E-state index contributed by atoms with van der Waals surface area (Å²) in [6, 6.07) is 4.80. The van der Waals surface area contributed by atoms with Gasteiger partial charge in [0.25, 0.3) is 0 Å². The van der Waals surface area contributed by atoms with Crippen LogP contribution < -0.4 is 14.8 Å². The van der Waals surface area contributed by atoms with Gasteiger partial charge in [-0.25, -0.2) is 0 Å². The lowest BCUT2D eigenvalue weighted by atomic mass is 10.2. The zero-order chi connectivity index (χ0) is 11.5. The third-order valence-corrected chi connectivity index (χ3v) is 2.40. The van der Waals surface area contributed by atoms with E-state index in [2.05, 4.69) is 5.32 Å². The minimum atomic E-state index is -0.486. The lowest BCUT2D eigenvalue weighted by Gasteiger charge is -2.27. The molecule has 0 amide bonds. The monoisotopic (exact) mass is 224 g/mol. The second kappa shape index (κ2) is 4.36. The Morgan fingerprint density at radius 1 is 1.44 bits per heavy atom. The van der Waals surface area contributed by atoms with Gasteiger partial charge in [0, 0.05) is 13.1 Å². The molecular formula is C10H12N2O4. The van der Waals surface area contributed by atoms with Crippen molar-refractivity contribution in [3.05, 3.63) is 28.3 Å². The first kappa shape index (κ1) is 10.7. The fraction of sp³-hybridized carbons (Fsp3) is 0.400. The Balaban J connectivity index is 2.30.